The Morgan fingerprint density at radius 3 is 2.80 bits per heavy atom. The van der Waals surface area contributed by atoms with Gasteiger partial charge in [-0.15, -0.1) is 0 Å². The number of aromatic nitrogens is 2. The van der Waals surface area contributed by atoms with Crippen LogP contribution in [0.5, 0.6) is 0 Å². The third kappa shape index (κ3) is 1.92. The van der Waals surface area contributed by atoms with Crippen LogP contribution >= 0.6 is 15.9 Å². The molecule has 0 bridgehead atoms. The maximum absolute atomic E-state index is 13.2. The van der Waals surface area contributed by atoms with Crippen molar-refractivity contribution in [3.8, 4) is 11.8 Å². The zero-order valence-electron chi connectivity index (χ0n) is 10.1. The molecule has 4 nitrogen and oxygen atoms in total. The molecule has 1 aromatic heterocycles. The van der Waals surface area contributed by atoms with Gasteiger partial charge < -0.3 is 5.73 Å². The summed E-state index contributed by atoms with van der Waals surface area (Å²) in [6.07, 6.45) is 0. The van der Waals surface area contributed by atoms with Gasteiger partial charge in [0.05, 0.1) is 22.3 Å². The van der Waals surface area contributed by atoms with Crippen LogP contribution in [0.1, 0.15) is 5.56 Å². The molecule has 3 rings (SSSR count). The Hall–Kier alpha value is -2.39. The average Bonchev–Trinajstić information content (AvgIpc) is 2.73. The molecular weight excluding hydrogens is 323 g/mol. The molecule has 0 aliphatic rings. The van der Waals surface area contributed by atoms with Crippen molar-refractivity contribution in [2.45, 2.75) is 0 Å². The minimum absolute atomic E-state index is 0.207. The van der Waals surface area contributed by atoms with Crippen LogP contribution in [0.15, 0.2) is 40.9 Å². The molecule has 0 aliphatic heterocycles. The summed E-state index contributed by atoms with van der Waals surface area (Å²) in [5, 5.41) is 9.15. The van der Waals surface area contributed by atoms with Crippen molar-refractivity contribution in [1.29, 1.82) is 5.26 Å². The van der Waals surface area contributed by atoms with Crippen LogP contribution in [-0.2, 0) is 0 Å². The SMILES string of the molecule is N#Cc1cc(F)ccc1-n1c(N)nc2cc(Br)ccc21. The van der Waals surface area contributed by atoms with Crippen LogP contribution < -0.4 is 5.73 Å². The highest BCUT2D eigenvalue weighted by atomic mass is 79.9. The minimum Gasteiger partial charge on any atom is -0.369 e. The lowest BCUT2D eigenvalue weighted by molar-refractivity contribution is 0.627. The Bertz CT molecular complexity index is 863. The molecule has 0 saturated carbocycles. The van der Waals surface area contributed by atoms with Crippen molar-refractivity contribution < 1.29 is 4.39 Å². The maximum atomic E-state index is 13.2. The van der Waals surface area contributed by atoms with Gasteiger partial charge in [0.2, 0.25) is 5.95 Å². The lowest BCUT2D eigenvalue weighted by Crippen LogP contribution is -2.03. The first-order valence-electron chi connectivity index (χ1n) is 5.73. The van der Waals surface area contributed by atoms with Gasteiger partial charge >= 0.3 is 0 Å². The van der Waals surface area contributed by atoms with Gasteiger partial charge in [0, 0.05) is 4.47 Å². The number of rotatable bonds is 1. The monoisotopic (exact) mass is 330 g/mol. The molecule has 0 atom stereocenters. The van der Waals surface area contributed by atoms with Crippen LogP contribution in [0.3, 0.4) is 0 Å². The van der Waals surface area contributed by atoms with E-state index in [9.17, 15) is 4.39 Å². The van der Waals surface area contributed by atoms with Crippen molar-refractivity contribution in [3.63, 3.8) is 0 Å². The fourth-order valence-electron chi connectivity index (χ4n) is 2.12. The first kappa shape index (κ1) is 12.6. The van der Waals surface area contributed by atoms with E-state index in [1.54, 1.807) is 4.57 Å². The van der Waals surface area contributed by atoms with E-state index in [-0.39, 0.29) is 11.5 Å². The van der Waals surface area contributed by atoms with Crippen LogP contribution in [0.4, 0.5) is 10.3 Å². The number of anilines is 1. The molecule has 0 saturated heterocycles. The standard InChI is InChI=1S/C14H8BrFN4/c15-9-1-3-13-11(6-9)19-14(18)20(13)12-4-2-10(16)5-8(12)7-17/h1-6H,(H2,18,19). The van der Waals surface area contributed by atoms with Gasteiger partial charge in [-0.1, -0.05) is 15.9 Å². The van der Waals surface area contributed by atoms with Gasteiger partial charge in [0.25, 0.3) is 0 Å². The molecule has 2 aromatic carbocycles. The molecule has 20 heavy (non-hydrogen) atoms. The zero-order chi connectivity index (χ0) is 14.3. The van der Waals surface area contributed by atoms with Gasteiger partial charge in [-0.3, -0.25) is 4.57 Å². The summed E-state index contributed by atoms with van der Waals surface area (Å²) in [5.41, 5.74) is 8.11. The second-order valence-electron chi connectivity index (χ2n) is 4.21. The highest BCUT2D eigenvalue weighted by Crippen LogP contribution is 2.27. The topological polar surface area (TPSA) is 67.6 Å². The third-order valence-electron chi connectivity index (χ3n) is 2.96. The predicted octanol–water partition coefficient (Wildman–Crippen LogP) is 3.38. The average molecular weight is 331 g/mol. The molecule has 1 heterocycles. The molecule has 0 fully saturated rings. The smallest absolute Gasteiger partial charge is 0.205 e. The quantitative estimate of drug-likeness (QED) is 0.743. The number of hydrogen-bond acceptors (Lipinski definition) is 3. The number of fused-ring (bicyclic) bond motifs is 1. The minimum atomic E-state index is -0.462. The summed E-state index contributed by atoms with van der Waals surface area (Å²) in [7, 11) is 0. The molecule has 0 radical (unpaired) electrons. The second-order valence-corrected chi connectivity index (χ2v) is 5.13. The first-order chi connectivity index (χ1) is 9.60. The van der Waals surface area contributed by atoms with Crippen LogP contribution in [0.25, 0.3) is 16.7 Å². The normalized spacial score (nSPS) is 10.7. The number of nitrogen functional groups attached to an aromatic ring is 1. The molecule has 0 aliphatic carbocycles. The van der Waals surface area contributed by atoms with Gasteiger partial charge in [0.15, 0.2) is 0 Å². The van der Waals surface area contributed by atoms with Crippen molar-refractivity contribution in [1.82, 2.24) is 9.55 Å². The molecular formula is C14H8BrFN4. The lowest BCUT2D eigenvalue weighted by Gasteiger charge is -2.08. The lowest BCUT2D eigenvalue weighted by atomic mass is 10.2. The van der Waals surface area contributed by atoms with E-state index in [4.69, 9.17) is 11.0 Å². The van der Waals surface area contributed by atoms with E-state index in [2.05, 4.69) is 20.9 Å². The highest BCUT2D eigenvalue weighted by molar-refractivity contribution is 9.10. The molecule has 2 N–H and O–H groups in total. The second kappa shape index (κ2) is 4.62. The van der Waals surface area contributed by atoms with Crippen molar-refractivity contribution >= 4 is 32.9 Å². The van der Waals surface area contributed by atoms with E-state index >= 15 is 0 Å². The largest absolute Gasteiger partial charge is 0.369 e. The number of nitriles is 1. The van der Waals surface area contributed by atoms with Gasteiger partial charge in [-0.2, -0.15) is 5.26 Å². The van der Waals surface area contributed by atoms with Crippen molar-refractivity contribution in [3.05, 3.63) is 52.3 Å². The number of benzene rings is 2. The Morgan fingerprint density at radius 2 is 2.05 bits per heavy atom. The third-order valence-corrected chi connectivity index (χ3v) is 3.46. The number of hydrogen-bond donors (Lipinski definition) is 1. The van der Waals surface area contributed by atoms with Crippen LogP contribution in [0.2, 0.25) is 0 Å². The summed E-state index contributed by atoms with van der Waals surface area (Å²) < 4.78 is 15.8. The Morgan fingerprint density at radius 1 is 1.25 bits per heavy atom. The number of imidazole rings is 1. The highest BCUT2D eigenvalue weighted by Gasteiger charge is 2.14. The van der Waals surface area contributed by atoms with E-state index in [0.29, 0.717) is 11.2 Å². The van der Waals surface area contributed by atoms with E-state index < -0.39 is 5.82 Å². The molecule has 0 amide bonds. The number of halogens is 2. The molecule has 6 heteroatoms. The molecule has 0 spiro atoms. The Labute approximate surface area is 122 Å². The van der Waals surface area contributed by atoms with Crippen molar-refractivity contribution in [2.24, 2.45) is 0 Å². The summed E-state index contributed by atoms with van der Waals surface area (Å²) in [4.78, 5) is 4.26. The van der Waals surface area contributed by atoms with Gasteiger partial charge in [0.1, 0.15) is 11.9 Å². The van der Waals surface area contributed by atoms with Gasteiger partial charge in [-0.25, -0.2) is 9.37 Å². The Balaban J connectivity index is 2.35. The summed E-state index contributed by atoms with van der Waals surface area (Å²) in [6, 6.07) is 11.5. The molecule has 98 valence electrons. The summed E-state index contributed by atoms with van der Waals surface area (Å²) in [6.45, 7) is 0. The zero-order valence-corrected chi connectivity index (χ0v) is 11.7. The number of nitrogens with two attached hydrogens (primary N) is 1. The molecule has 3 aromatic rings. The van der Waals surface area contributed by atoms with Crippen LogP contribution in [-0.4, -0.2) is 9.55 Å². The maximum Gasteiger partial charge on any atom is 0.205 e. The molecule has 0 unspecified atom stereocenters. The van der Waals surface area contributed by atoms with Gasteiger partial charge in [-0.05, 0) is 36.4 Å². The van der Waals surface area contributed by atoms with Crippen LogP contribution in [0, 0.1) is 17.1 Å². The summed E-state index contributed by atoms with van der Waals surface area (Å²) in [5.74, 6) is -0.211. The van der Waals surface area contributed by atoms with Crippen molar-refractivity contribution in [2.75, 3.05) is 5.73 Å². The van der Waals surface area contributed by atoms with E-state index in [1.165, 1.54) is 18.2 Å². The number of nitrogens with zero attached hydrogens (tertiary/aromatic N) is 3. The fraction of sp³-hybridized carbons (Fsp3) is 0. The van der Waals surface area contributed by atoms with E-state index in [0.717, 1.165) is 9.99 Å². The van der Waals surface area contributed by atoms with E-state index in [1.807, 2.05) is 24.3 Å². The first-order valence-corrected chi connectivity index (χ1v) is 6.53. The Kier molecular flexibility index (Phi) is 2.92. The summed E-state index contributed by atoms with van der Waals surface area (Å²) >= 11 is 3.37. The predicted molar refractivity (Wildman–Crippen MR) is 77.9 cm³/mol. The fourth-order valence-corrected chi connectivity index (χ4v) is 2.47.